The minimum atomic E-state index is -4.58. The van der Waals surface area contributed by atoms with Crippen LogP contribution in [0.5, 0.6) is 5.75 Å². The fourth-order valence-corrected chi connectivity index (χ4v) is 1.81. The molecule has 1 aromatic heterocycles. The van der Waals surface area contributed by atoms with E-state index in [1.54, 1.807) is 6.07 Å². The number of nitriles is 1. The van der Waals surface area contributed by atoms with Gasteiger partial charge in [0.2, 0.25) is 0 Å². The lowest BCUT2D eigenvalue weighted by Gasteiger charge is -2.11. The van der Waals surface area contributed by atoms with Crippen LogP contribution in [-0.2, 0) is 6.18 Å². The molecule has 0 N–H and O–H groups in total. The van der Waals surface area contributed by atoms with Crippen LogP contribution in [0.3, 0.4) is 0 Å². The van der Waals surface area contributed by atoms with Crippen LogP contribution in [0.2, 0.25) is 0 Å². The highest BCUT2D eigenvalue weighted by atomic mass is 19.4. The van der Waals surface area contributed by atoms with Gasteiger partial charge in [0, 0.05) is 11.8 Å². The topological polar surface area (TPSA) is 45.9 Å². The fraction of sp³-hybridized carbons (Fsp3) is 0.200. The number of benzene rings is 1. The summed E-state index contributed by atoms with van der Waals surface area (Å²) >= 11 is 0. The maximum atomic E-state index is 12.5. The van der Waals surface area contributed by atoms with E-state index < -0.39 is 24.7 Å². The molecule has 0 saturated carbocycles. The van der Waals surface area contributed by atoms with Crippen molar-refractivity contribution in [3.8, 4) is 22.9 Å². The molecule has 24 heavy (non-hydrogen) atoms. The zero-order valence-corrected chi connectivity index (χ0v) is 11.7. The van der Waals surface area contributed by atoms with Gasteiger partial charge in [-0.05, 0) is 23.8 Å². The first-order chi connectivity index (χ1) is 11.1. The number of nitrogens with zero attached hydrogens (tertiary/aromatic N) is 2. The van der Waals surface area contributed by atoms with Gasteiger partial charge in [-0.15, -0.1) is 0 Å². The molecule has 1 heterocycles. The van der Waals surface area contributed by atoms with Crippen LogP contribution < -0.4 is 4.74 Å². The molecule has 2 rings (SSSR count). The van der Waals surface area contributed by atoms with Gasteiger partial charge < -0.3 is 4.74 Å². The molecule has 126 valence electrons. The van der Waals surface area contributed by atoms with E-state index >= 15 is 0 Å². The molecule has 0 spiro atoms. The summed E-state index contributed by atoms with van der Waals surface area (Å²) in [4.78, 5) is 3.28. The Morgan fingerprint density at radius 3 is 2.17 bits per heavy atom. The highest BCUT2D eigenvalue weighted by molar-refractivity contribution is 5.66. The van der Waals surface area contributed by atoms with E-state index in [0.29, 0.717) is 5.56 Å². The lowest BCUT2D eigenvalue weighted by molar-refractivity contribution is -0.153. The van der Waals surface area contributed by atoms with Crippen LogP contribution in [0, 0.1) is 11.3 Å². The Kier molecular flexibility index (Phi) is 4.68. The van der Waals surface area contributed by atoms with Crippen molar-refractivity contribution < 1.29 is 31.1 Å². The number of hydrogen-bond donors (Lipinski definition) is 0. The number of pyridine rings is 1. The number of aromatic nitrogens is 1. The van der Waals surface area contributed by atoms with E-state index in [9.17, 15) is 26.3 Å². The Morgan fingerprint density at radius 1 is 1.00 bits per heavy atom. The Labute approximate surface area is 132 Å². The molecule has 1 aromatic carbocycles. The van der Waals surface area contributed by atoms with Crippen molar-refractivity contribution in [3.05, 3.63) is 47.8 Å². The van der Waals surface area contributed by atoms with Crippen LogP contribution in [0.4, 0.5) is 26.3 Å². The summed E-state index contributed by atoms with van der Waals surface area (Å²) in [5.74, 6) is -0.265. The Hall–Kier alpha value is -2.76. The van der Waals surface area contributed by atoms with E-state index in [2.05, 4.69) is 9.72 Å². The molecule has 0 bridgehead atoms. The van der Waals surface area contributed by atoms with Crippen molar-refractivity contribution in [2.75, 3.05) is 6.61 Å². The first kappa shape index (κ1) is 17.6. The van der Waals surface area contributed by atoms with Gasteiger partial charge in [0.05, 0.1) is 5.56 Å². The molecule has 0 aliphatic rings. The second-order valence-corrected chi connectivity index (χ2v) is 4.66. The number of ether oxygens (including phenoxy) is 1. The maximum absolute atomic E-state index is 12.5. The van der Waals surface area contributed by atoms with E-state index in [1.807, 2.05) is 0 Å². The smallest absolute Gasteiger partial charge is 0.433 e. The summed E-state index contributed by atoms with van der Waals surface area (Å²) in [6.45, 7) is -1.55. The monoisotopic (exact) mass is 346 g/mol. The van der Waals surface area contributed by atoms with Crippen LogP contribution in [-0.4, -0.2) is 17.8 Å². The predicted octanol–water partition coefficient (Wildman–Crippen LogP) is 4.58. The Bertz CT molecular complexity index is 760. The van der Waals surface area contributed by atoms with Crippen LogP contribution in [0.1, 0.15) is 11.3 Å². The van der Waals surface area contributed by atoms with Gasteiger partial charge in [0.25, 0.3) is 0 Å². The zero-order valence-electron chi connectivity index (χ0n) is 11.7. The lowest BCUT2D eigenvalue weighted by Crippen LogP contribution is -2.19. The highest BCUT2D eigenvalue weighted by Gasteiger charge is 2.32. The Morgan fingerprint density at radius 2 is 1.67 bits per heavy atom. The van der Waals surface area contributed by atoms with Gasteiger partial charge in [-0.2, -0.15) is 31.6 Å². The molecule has 0 unspecified atom stereocenters. The third-order valence-electron chi connectivity index (χ3n) is 2.88. The molecule has 0 fully saturated rings. The molecular weight excluding hydrogens is 338 g/mol. The summed E-state index contributed by atoms with van der Waals surface area (Å²) in [6.07, 6.45) is -8.16. The first-order valence-electron chi connectivity index (χ1n) is 6.37. The summed E-state index contributed by atoms with van der Waals surface area (Å²) in [5.41, 5.74) is -0.637. The summed E-state index contributed by atoms with van der Waals surface area (Å²) < 4.78 is 78.4. The van der Waals surface area contributed by atoms with Crippen molar-refractivity contribution in [2.24, 2.45) is 0 Å². The van der Waals surface area contributed by atoms with E-state index in [1.165, 1.54) is 12.1 Å². The molecule has 2 aromatic rings. The second kappa shape index (κ2) is 6.39. The summed E-state index contributed by atoms with van der Waals surface area (Å²) in [7, 11) is 0. The van der Waals surface area contributed by atoms with Gasteiger partial charge in [-0.1, -0.05) is 12.1 Å². The molecule has 0 aliphatic heterocycles. The molecule has 0 atom stereocenters. The van der Waals surface area contributed by atoms with E-state index in [-0.39, 0.29) is 16.9 Å². The average molecular weight is 346 g/mol. The second-order valence-electron chi connectivity index (χ2n) is 4.66. The van der Waals surface area contributed by atoms with Crippen molar-refractivity contribution in [1.29, 1.82) is 5.26 Å². The maximum Gasteiger partial charge on any atom is 0.433 e. The molecular formula is C15H8F6N2O. The van der Waals surface area contributed by atoms with Gasteiger partial charge in [-0.3, -0.25) is 4.98 Å². The van der Waals surface area contributed by atoms with Crippen LogP contribution in [0.15, 0.2) is 36.5 Å². The minimum Gasteiger partial charge on any atom is -0.483 e. The first-order valence-corrected chi connectivity index (χ1v) is 6.37. The van der Waals surface area contributed by atoms with Crippen molar-refractivity contribution in [2.45, 2.75) is 12.4 Å². The molecule has 0 saturated heterocycles. The van der Waals surface area contributed by atoms with E-state index in [4.69, 9.17) is 5.26 Å². The standard InChI is InChI=1S/C15H8F6N2O/c16-14(17,18)8-24-12-3-1-9(5-11(12)6-22)10-2-4-13(23-7-10)15(19,20)21/h1-5,7H,8H2. The highest BCUT2D eigenvalue weighted by Crippen LogP contribution is 2.31. The van der Waals surface area contributed by atoms with E-state index in [0.717, 1.165) is 24.4 Å². The lowest BCUT2D eigenvalue weighted by atomic mass is 10.0. The molecule has 0 radical (unpaired) electrons. The summed E-state index contributed by atoms with van der Waals surface area (Å²) in [6, 6.07) is 7.31. The van der Waals surface area contributed by atoms with Gasteiger partial charge in [0.1, 0.15) is 17.5 Å². The molecule has 0 amide bonds. The molecule has 9 heteroatoms. The summed E-state index contributed by atoms with van der Waals surface area (Å²) in [5, 5.41) is 8.99. The third kappa shape index (κ3) is 4.38. The van der Waals surface area contributed by atoms with Crippen molar-refractivity contribution in [1.82, 2.24) is 4.98 Å². The van der Waals surface area contributed by atoms with Crippen molar-refractivity contribution in [3.63, 3.8) is 0 Å². The molecule has 0 aliphatic carbocycles. The largest absolute Gasteiger partial charge is 0.483 e. The van der Waals surface area contributed by atoms with Gasteiger partial charge in [-0.25, -0.2) is 0 Å². The minimum absolute atomic E-state index is 0.170. The van der Waals surface area contributed by atoms with Crippen LogP contribution in [0.25, 0.3) is 11.1 Å². The fourth-order valence-electron chi connectivity index (χ4n) is 1.81. The molecule has 3 nitrogen and oxygen atoms in total. The quantitative estimate of drug-likeness (QED) is 0.764. The normalized spacial score (nSPS) is 11.9. The number of rotatable bonds is 3. The van der Waals surface area contributed by atoms with Gasteiger partial charge >= 0.3 is 12.4 Å². The average Bonchev–Trinajstić information content (AvgIpc) is 2.51. The number of alkyl halides is 6. The van der Waals surface area contributed by atoms with Crippen LogP contribution >= 0.6 is 0 Å². The van der Waals surface area contributed by atoms with Gasteiger partial charge in [0.15, 0.2) is 6.61 Å². The Balaban J connectivity index is 2.28. The SMILES string of the molecule is N#Cc1cc(-c2ccc(C(F)(F)F)nc2)ccc1OCC(F)(F)F. The van der Waals surface area contributed by atoms with Crippen molar-refractivity contribution >= 4 is 0 Å². The third-order valence-corrected chi connectivity index (χ3v) is 2.88. The number of hydrogen-bond acceptors (Lipinski definition) is 3. The zero-order chi connectivity index (χ0) is 18.0. The number of halogens is 6. The predicted molar refractivity (Wildman–Crippen MR) is 70.9 cm³/mol.